The first-order valence-corrected chi connectivity index (χ1v) is 10.1. The SMILES string of the molecule is CCOC(=O)N1CCc2c(sc3c2C(=O)NC(c2cccc(Br)c2)N3)C1. The van der Waals surface area contributed by atoms with Crippen molar-refractivity contribution in [2.75, 3.05) is 18.5 Å². The number of fused-ring (bicyclic) bond motifs is 3. The van der Waals surface area contributed by atoms with Gasteiger partial charge in [0, 0.05) is 15.9 Å². The zero-order valence-corrected chi connectivity index (χ0v) is 16.6. The van der Waals surface area contributed by atoms with E-state index in [9.17, 15) is 9.59 Å². The van der Waals surface area contributed by atoms with E-state index in [4.69, 9.17) is 4.74 Å². The van der Waals surface area contributed by atoms with Crippen molar-refractivity contribution < 1.29 is 14.3 Å². The summed E-state index contributed by atoms with van der Waals surface area (Å²) in [5.41, 5.74) is 2.75. The van der Waals surface area contributed by atoms with Crippen LogP contribution in [0.4, 0.5) is 9.80 Å². The summed E-state index contributed by atoms with van der Waals surface area (Å²) >= 11 is 5.02. The van der Waals surface area contributed by atoms with Gasteiger partial charge >= 0.3 is 6.09 Å². The summed E-state index contributed by atoms with van der Waals surface area (Å²) in [6, 6.07) is 7.86. The number of rotatable bonds is 2. The summed E-state index contributed by atoms with van der Waals surface area (Å²) < 4.78 is 6.06. The molecule has 6 nitrogen and oxygen atoms in total. The molecule has 2 amide bonds. The fourth-order valence-electron chi connectivity index (χ4n) is 3.34. The first-order valence-electron chi connectivity index (χ1n) is 8.46. The van der Waals surface area contributed by atoms with E-state index in [1.54, 1.807) is 23.2 Å². The molecule has 2 N–H and O–H groups in total. The summed E-state index contributed by atoms with van der Waals surface area (Å²) in [6.45, 7) is 3.22. The molecule has 1 aromatic carbocycles. The number of nitrogens with one attached hydrogen (secondary N) is 2. The highest BCUT2D eigenvalue weighted by atomic mass is 79.9. The molecule has 1 aromatic heterocycles. The van der Waals surface area contributed by atoms with Crippen LogP contribution in [0.3, 0.4) is 0 Å². The second-order valence-electron chi connectivity index (χ2n) is 6.18. The molecule has 26 heavy (non-hydrogen) atoms. The number of nitrogens with zero attached hydrogens (tertiary/aromatic N) is 1. The third-order valence-electron chi connectivity index (χ3n) is 4.54. The summed E-state index contributed by atoms with van der Waals surface area (Å²) in [7, 11) is 0. The van der Waals surface area contributed by atoms with Crippen LogP contribution in [0.1, 0.15) is 39.5 Å². The van der Waals surface area contributed by atoms with Crippen LogP contribution in [0.15, 0.2) is 28.7 Å². The van der Waals surface area contributed by atoms with E-state index in [1.807, 2.05) is 24.3 Å². The van der Waals surface area contributed by atoms with Crippen molar-refractivity contribution >= 4 is 44.3 Å². The lowest BCUT2D eigenvalue weighted by atomic mass is 10.0. The van der Waals surface area contributed by atoms with Gasteiger partial charge in [-0.15, -0.1) is 11.3 Å². The zero-order valence-electron chi connectivity index (χ0n) is 14.2. The van der Waals surface area contributed by atoms with Crippen molar-refractivity contribution in [1.82, 2.24) is 10.2 Å². The van der Waals surface area contributed by atoms with Crippen LogP contribution in [0.5, 0.6) is 0 Å². The minimum atomic E-state index is -0.297. The number of benzene rings is 1. The standard InChI is InChI=1S/C18H18BrN3O3S/c1-2-25-18(24)22-7-6-12-13(9-22)26-17-14(12)16(23)20-15(21-17)10-4-3-5-11(19)8-10/h3-5,8,15,21H,2,6-7,9H2,1H3,(H,20,23). The van der Waals surface area contributed by atoms with Crippen molar-refractivity contribution in [2.45, 2.75) is 26.1 Å². The normalized spacial score (nSPS) is 18.5. The van der Waals surface area contributed by atoms with Gasteiger partial charge in [0.1, 0.15) is 11.2 Å². The molecule has 0 spiro atoms. The van der Waals surface area contributed by atoms with Gasteiger partial charge in [0.2, 0.25) is 0 Å². The van der Waals surface area contributed by atoms with E-state index in [0.29, 0.717) is 26.1 Å². The summed E-state index contributed by atoms with van der Waals surface area (Å²) in [5, 5.41) is 7.34. The monoisotopic (exact) mass is 435 g/mol. The molecule has 0 saturated heterocycles. The second kappa shape index (κ2) is 6.92. The van der Waals surface area contributed by atoms with E-state index >= 15 is 0 Å². The van der Waals surface area contributed by atoms with Gasteiger partial charge < -0.3 is 20.3 Å². The quantitative estimate of drug-likeness (QED) is 0.750. The summed E-state index contributed by atoms with van der Waals surface area (Å²) in [6.07, 6.45) is 0.0964. The summed E-state index contributed by atoms with van der Waals surface area (Å²) in [5.74, 6) is -0.0641. The number of halogens is 1. The molecule has 1 unspecified atom stereocenters. The molecular weight excluding hydrogens is 418 g/mol. The predicted molar refractivity (Wildman–Crippen MR) is 103 cm³/mol. The maximum absolute atomic E-state index is 12.7. The predicted octanol–water partition coefficient (Wildman–Crippen LogP) is 3.88. The molecule has 4 rings (SSSR count). The number of thiophene rings is 1. The number of amides is 2. The van der Waals surface area contributed by atoms with E-state index in [1.165, 1.54) is 0 Å². The minimum absolute atomic E-state index is 0.0641. The average molecular weight is 436 g/mol. The van der Waals surface area contributed by atoms with Crippen LogP contribution in [0.2, 0.25) is 0 Å². The molecule has 2 aromatic rings. The van der Waals surface area contributed by atoms with Crippen LogP contribution in [-0.4, -0.2) is 30.1 Å². The van der Waals surface area contributed by atoms with Gasteiger partial charge in [-0.25, -0.2) is 4.79 Å². The van der Waals surface area contributed by atoms with Gasteiger partial charge in [-0.1, -0.05) is 28.1 Å². The number of hydrogen-bond acceptors (Lipinski definition) is 5. The number of carbonyl (C=O) groups excluding carboxylic acids is 2. The number of carbonyl (C=O) groups is 2. The topological polar surface area (TPSA) is 70.7 Å². The van der Waals surface area contributed by atoms with Crippen LogP contribution < -0.4 is 10.6 Å². The van der Waals surface area contributed by atoms with Crippen LogP contribution in [0, 0.1) is 0 Å². The zero-order chi connectivity index (χ0) is 18.3. The molecule has 0 bridgehead atoms. The molecule has 0 radical (unpaired) electrons. The molecule has 1 atom stereocenters. The van der Waals surface area contributed by atoms with Crippen LogP contribution in [-0.2, 0) is 17.7 Å². The molecule has 0 fully saturated rings. The Bertz CT molecular complexity index is 883. The Morgan fingerprint density at radius 2 is 2.27 bits per heavy atom. The van der Waals surface area contributed by atoms with Gasteiger partial charge in [-0.3, -0.25) is 4.79 Å². The largest absolute Gasteiger partial charge is 0.450 e. The molecule has 2 aliphatic heterocycles. The first kappa shape index (κ1) is 17.4. The molecule has 8 heteroatoms. The maximum atomic E-state index is 12.7. The molecule has 3 heterocycles. The van der Waals surface area contributed by atoms with Gasteiger partial charge in [-0.05, 0) is 36.6 Å². The second-order valence-corrected chi connectivity index (χ2v) is 8.21. The Morgan fingerprint density at radius 1 is 1.42 bits per heavy atom. The van der Waals surface area contributed by atoms with Crippen LogP contribution in [0.25, 0.3) is 0 Å². The highest BCUT2D eigenvalue weighted by Crippen LogP contribution is 2.41. The highest BCUT2D eigenvalue weighted by molar-refractivity contribution is 9.10. The molecule has 0 aliphatic carbocycles. The Hall–Kier alpha value is -2.06. The van der Waals surface area contributed by atoms with Crippen molar-refractivity contribution in [2.24, 2.45) is 0 Å². The van der Waals surface area contributed by atoms with Crippen molar-refractivity contribution in [3.63, 3.8) is 0 Å². The maximum Gasteiger partial charge on any atom is 0.410 e. The van der Waals surface area contributed by atoms with Crippen LogP contribution >= 0.6 is 27.3 Å². The Balaban J connectivity index is 1.61. The van der Waals surface area contributed by atoms with Crippen molar-refractivity contribution in [1.29, 1.82) is 0 Å². The summed E-state index contributed by atoms with van der Waals surface area (Å²) in [4.78, 5) is 27.5. The van der Waals surface area contributed by atoms with E-state index in [0.717, 1.165) is 31.0 Å². The number of ether oxygens (including phenoxy) is 1. The number of anilines is 1. The minimum Gasteiger partial charge on any atom is -0.450 e. The average Bonchev–Trinajstić information content (AvgIpc) is 2.99. The lowest BCUT2D eigenvalue weighted by Crippen LogP contribution is -2.39. The van der Waals surface area contributed by atoms with Gasteiger partial charge in [0.05, 0.1) is 18.7 Å². The Kier molecular flexibility index (Phi) is 4.62. The number of hydrogen-bond donors (Lipinski definition) is 2. The fourth-order valence-corrected chi connectivity index (χ4v) is 5.05. The third kappa shape index (κ3) is 3.07. The Morgan fingerprint density at radius 3 is 3.04 bits per heavy atom. The highest BCUT2D eigenvalue weighted by Gasteiger charge is 2.34. The van der Waals surface area contributed by atoms with Crippen molar-refractivity contribution in [3.05, 3.63) is 50.3 Å². The van der Waals surface area contributed by atoms with Gasteiger partial charge in [0.25, 0.3) is 5.91 Å². The van der Waals surface area contributed by atoms with E-state index in [-0.39, 0.29) is 18.2 Å². The van der Waals surface area contributed by atoms with E-state index in [2.05, 4.69) is 26.6 Å². The fraction of sp³-hybridized carbons (Fsp3) is 0.333. The molecular formula is C18H18BrN3O3S. The van der Waals surface area contributed by atoms with E-state index < -0.39 is 0 Å². The molecule has 0 saturated carbocycles. The van der Waals surface area contributed by atoms with Crippen molar-refractivity contribution in [3.8, 4) is 0 Å². The lowest BCUT2D eigenvalue weighted by Gasteiger charge is -2.28. The molecule has 136 valence electrons. The lowest BCUT2D eigenvalue weighted by molar-refractivity contribution is 0.0934. The first-order chi connectivity index (χ1) is 12.6. The smallest absolute Gasteiger partial charge is 0.410 e. The molecule has 2 aliphatic rings. The Labute approximate surface area is 163 Å². The van der Waals surface area contributed by atoms with Gasteiger partial charge in [-0.2, -0.15) is 0 Å². The third-order valence-corrected chi connectivity index (χ3v) is 6.18. The van der Waals surface area contributed by atoms with Gasteiger partial charge in [0.15, 0.2) is 0 Å².